The van der Waals surface area contributed by atoms with Crippen LogP contribution < -0.4 is 11.0 Å². The van der Waals surface area contributed by atoms with Crippen molar-refractivity contribution in [1.29, 1.82) is 0 Å². The summed E-state index contributed by atoms with van der Waals surface area (Å²) in [6.45, 7) is 2.59. The maximum atomic E-state index is 13.1. The number of hydrogen-bond donors (Lipinski definition) is 1. The van der Waals surface area contributed by atoms with Gasteiger partial charge >= 0.3 is 5.69 Å². The second-order valence-corrected chi connectivity index (χ2v) is 6.19. The monoisotopic (exact) mass is 307 g/mol. The summed E-state index contributed by atoms with van der Waals surface area (Å²) in [4.78, 5) is 13.1. The molecule has 0 spiro atoms. The highest BCUT2D eigenvalue weighted by atomic mass is 16.1. The third kappa shape index (κ3) is 2.59. The third-order valence-corrected chi connectivity index (χ3v) is 4.73. The second-order valence-electron chi connectivity index (χ2n) is 6.19. The van der Waals surface area contributed by atoms with Gasteiger partial charge in [0.2, 0.25) is 0 Å². The molecule has 3 aromatic rings. The lowest BCUT2D eigenvalue weighted by Crippen LogP contribution is -2.35. The minimum absolute atomic E-state index is 0.113. The van der Waals surface area contributed by atoms with Gasteiger partial charge in [-0.3, -0.25) is 9.13 Å². The Balaban J connectivity index is 1.84. The van der Waals surface area contributed by atoms with Crippen molar-refractivity contribution in [3.8, 4) is 0 Å². The number of benzene rings is 2. The van der Waals surface area contributed by atoms with E-state index in [1.54, 1.807) is 0 Å². The molecule has 118 valence electrons. The average Bonchev–Trinajstić information content (AvgIpc) is 2.89. The Morgan fingerprint density at radius 2 is 1.57 bits per heavy atom. The number of fused-ring (bicyclic) bond motifs is 1. The molecule has 0 aliphatic carbocycles. The van der Waals surface area contributed by atoms with Crippen molar-refractivity contribution in [2.24, 2.45) is 0 Å². The SMILES string of the molecule is O=c1n(Cc2ccccc2)c2ccccc2n1C1CCNCC1. The van der Waals surface area contributed by atoms with Gasteiger partial charge in [0.25, 0.3) is 0 Å². The first-order chi connectivity index (χ1) is 11.3. The lowest BCUT2D eigenvalue weighted by molar-refractivity contribution is 0.365. The van der Waals surface area contributed by atoms with Crippen LogP contribution in [0.3, 0.4) is 0 Å². The van der Waals surface area contributed by atoms with E-state index in [4.69, 9.17) is 0 Å². The van der Waals surface area contributed by atoms with Crippen molar-refractivity contribution in [3.63, 3.8) is 0 Å². The van der Waals surface area contributed by atoms with Crippen molar-refractivity contribution >= 4 is 11.0 Å². The van der Waals surface area contributed by atoms with Gasteiger partial charge in [0.05, 0.1) is 17.6 Å². The van der Waals surface area contributed by atoms with E-state index in [1.165, 1.54) is 0 Å². The van der Waals surface area contributed by atoms with Crippen LogP contribution in [0.1, 0.15) is 24.4 Å². The summed E-state index contributed by atoms with van der Waals surface area (Å²) in [6, 6.07) is 18.6. The number of rotatable bonds is 3. The molecule has 0 atom stereocenters. The van der Waals surface area contributed by atoms with Crippen LogP contribution in [0.2, 0.25) is 0 Å². The topological polar surface area (TPSA) is 39.0 Å². The van der Waals surface area contributed by atoms with E-state index < -0.39 is 0 Å². The lowest BCUT2D eigenvalue weighted by Gasteiger charge is -2.23. The maximum Gasteiger partial charge on any atom is 0.329 e. The minimum Gasteiger partial charge on any atom is -0.317 e. The molecule has 1 fully saturated rings. The largest absolute Gasteiger partial charge is 0.329 e. The van der Waals surface area contributed by atoms with Crippen LogP contribution in [0, 0.1) is 0 Å². The number of aromatic nitrogens is 2. The zero-order valence-electron chi connectivity index (χ0n) is 13.1. The van der Waals surface area contributed by atoms with E-state index >= 15 is 0 Å². The van der Waals surface area contributed by atoms with E-state index in [-0.39, 0.29) is 5.69 Å². The Labute approximate surface area is 135 Å². The van der Waals surface area contributed by atoms with E-state index in [1.807, 2.05) is 39.5 Å². The molecule has 1 aromatic heterocycles. The molecule has 0 unspecified atom stereocenters. The van der Waals surface area contributed by atoms with Gasteiger partial charge in [0, 0.05) is 6.04 Å². The Bertz CT molecular complexity index is 857. The Morgan fingerprint density at radius 1 is 0.913 bits per heavy atom. The molecule has 0 saturated carbocycles. The van der Waals surface area contributed by atoms with Crippen LogP contribution in [0.15, 0.2) is 59.4 Å². The summed E-state index contributed by atoms with van der Waals surface area (Å²) in [6.07, 6.45) is 2.03. The van der Waals surface area contributed by atoms with Crippen molar-refractivity contribution in [2.75, 3.05) is 13.1 Å². The molecule has 1 saturated heterocycles. The molecule has 1 N–H and O–H groups in total. The van der Waals surface area contributed by atoms with Gasteiger partial charge in [-0.05, 0) is 43.6 Å². The molecule has 2 aromatic carbocycles. The van der Waals surface area contributed by atoms with Gasteiger partial charge in [-0.25, -0.2) is 4.79 Å². The van der Waals surface area contributed by atoms with Crippen LogP contribution >= 0.6 is 0 Å². The van der Waals surface area contributed by atoms with Crippen molar-refractivity contribution < 1.29 is 0 Å². The molecule has 0 bridgehead atoms. The first-order valence-corrected chi connectivity index (χ1v) is 8.29. The number of piperidine rings is 1. The highest BCUT2D eigenvalue weighted by molar-refractivity contribution is 5.76. The number of nitrogens with one attached hydrogen (secondary N) is 1. The summed E-state index contributed by atoms with van der Waals surface area (Å²) < 4.78 is 3.92. The van der Waals surface area contributed by atoms with Gasteiger partial charge in [0.1, 0.15) is 0 Å². The molecule has 4 heteroatoms. The van der Waals surface area contributed by atoms with Crippen LogP contribution in [-0.4, -0.2) is 22.2 Å². The molecule has 23 heavy (non-hydrogen) atoms. The summed E-state index contributed by atoms with van der Waals surface area (Å²) >= 11 is 0. The van der Waals surface area contributed by atoms with Gasteiger partial charge in [-0.2, -0.15) is 0 Å². The van der Waals surface area contributed by atoms with Crippen LogP contribution in [0.5, 0.6) is 0 Å². The Morgan fingerprint density at radius 3 is 2.30 bits per heavy atom. The second kappa shape index (κ2) is 6.05. The normalized spacial score (nSPS) is 16.0. The van der Waals surface area contributed by atoms with Gasteiger partial charge in [-0.15, -0.1) is 0 Å². The number of nitrogens with zero attached hydrogens (tertiary/aromatic N) is 2. The first kappa shape index (κ1) is 14.3. The van der Waals surface area contributed by atoms with E-state index in [2.05, 4.69) is 29.6 Å². The first-order valence-electron chi connectivity index (χ1n) is 8.29. The van der Waals surface area contributed by atoms with E-state index in [9.17, 15) is 4.79 Å². The maximum absolute atomic E-state index is 13.1. The predicted molar refractivity (Wildman–Crippen MR) is 92.9 cm³/mol. The summed E-state index contributed by atoms with van der Waals surface area (Å²) in [5.74, 6) is 0. The van der Waals surface area contributed by atoms with E-state index in [0.717, 1.165) is 42.5 Å². The molecule has 0 amide bonds. The molecule has 4 nitrogen and oxygen atoms in total. The van der Waals surface area contributed by atoms with Gasteiger partial charge < -0.3 is 5.32 Å². The van der Waals surface area contributed by atoms with Crippen LogP contribution in [0.4, 0.5) is 0 Å². The Kier molecular flexibility index (Phi) is 3.75. The Hall–Kier alpha value is -2.33. The molecular weight excluding hydrogens is 286 g/mol. The molecule has 0 radical (unpaired) electrons. The molecular formula is C19H21N3O. The van der Waals surface area contributed by atoms with Gasteiger partial charge in [-0.1, -0.05) is 42.5 Å². The fraction of sp³-hybridized carbons (Fsp3) is 0.316. The molecule has 1 aliphatic rings. The molecule has 2 heterocycles. The molecule has 4 rings (SSSR count). The highest BCUT2D eigenvalue weighted by Gasteiger charge is 2.21. The number of para-hydroxylation sites is 2. The van der Waals surface area contributed by atoms with Gasteiger partial charge in [0.15, 0.2) is 0 Å². The third-order valence-electron chi connectivity index (χ3n) is 4.73. The zero-order valence-corrected chi connectivity index (χ0v) is 13.1. The summed E-state index contributed by atoms with van der Waals surface area (Å²) in [7, 11) is 0. The average molecular weight is 307 g/mol. The van der Waals surface area contributed by atoms with Crippen LogP contribution in [-0.2, 0) is 6.54 Å². The lowest BCUT2D eigenvalue weighted by atomic mass is 10.1. The number of hydrogen-bond acceptors (Lipinski definition) is 2. The van der Waals surface area contributed by atoms with E-state index in [0.29, 0.717) is 12.6 Å². The van der Waals surface area contributed by atoms with Crippen molar-refractivity contribution in [1.82, 2.24) is 14.5 Å². The smallest absolute Gasteiger partial charge is 0.317 e. The minimum atomic E-state index is 0.113. The fourth-order valence-corrected chi connectivity index (χ4v) is 3.57. The highest BCUT2D eigenvalue weighted by Crippen LogP contribution is 2.23. The van der Waals surface area contributed by atoms with Crippen molar-refractivity contribution in [3.05, 3.63) is 70.6 Å². The quantitative estimate of drug-likeness (QED) is 0.808. The van der Waals surface area contributed by atoms with Crippen molar-refractivity contribution in [2.45, 2.75) is 25.4 Å². The summed E-state index contributed by atoms with van der Waals surface area (Å²) in [5.41, 5.74) is 3.35. The standard InChI is InChI=1S/C19H21N3O/c23-19-21(14-15-6-2-1-3-7-15)17-8-4-5-9-18(17)22(19)16-10-12-20-13-11-16/h1-9,16,20H,10-14H2. The number of imidazole rings is 1. The van der Waals surface area contributed by atoms with Crippen LogP contribution in [0.25, 0.3) is 11.0 Å². The predicted octanol–water partition coefficient (Wildman–Crippen LogP) is 2.78. The fourth-order valence-electron chi connectivity index (χ4n) is 3.57. The zero-order chi connectivity index (χ0) is 15.6. The summed E-state index contributed by atoms with van der Waals surface area (Å²) in [5, 5.41) is 3.38. The molecule has 1 aliphatic heterocycles.